The second-order valence-corrected chi connectivity index (χ2v) is 1.40. The molecule has 0 aliphatic heterocycles. The van der Waals surface area contributed by atoms with Crippen molar-refractivity contribution in [1.82, 2.24) is 0 Å². The summed E-state index contributed by atoms with van der Waals surface area (Å²) in [6.07, 6.45) is 0.440. The quantitative estimate of drug-likeness (QED) is 0.168. The zero-order valence-corrected chi connectivity index (χ0v) is 4.80. The van der Waals surface area contributed by atoms with Crippen LogP contribution in [0.2, 0.25) is 0 Å². The normalized spacial score (nSPS) is 14.3. The Hall–Kier alpha value is -1.50. The smallest absolute Gasteiger partial charge is 0.330 e. The molecule has 0 spiro atoms. The molecule has 0 rings (SSSR count). The molecule has 0 amide bonds. The standard InChI is InChI=1S/C3H5N3O4/c4-2(3(7)8)1-6(10)5-9/h1-2H,4H2,(H,7,8)/b6-1+/t2-/m0/s1. The van der Waals surface area contributed by atoms with Gasteiger partial charge in [0.1, 0.15) is 0 Å². The van der Waals surface area contributed by atoms with Crippen LogP contribution in [-0.4, -0.2) is 28.2 Å². The molecule has 0 aliphatic carbocycles. The van der Waals surface area contributed by atoms with Gasteiger partial charge in [-0.1, -0.05) is 4.91 Å². The number of nitroso groups, excluding NO2 is 1. The molecule has 1 atom stereocenters. The van der Waals surface area contributed by atoms with Crippen LogP contribution >= 0.6 is 0 Å². The maximum atomic E-state index is 9.97. The maximum absolute atomic E-state index is 9.97. The van der Waals surface area contributed by atoms with E-state index in [4.69, 9.17) is 10.8 Å². The molecule has 56 valence electrons. The third-order valence-corrected chi connectivity index (χ3v) is 0.654. The Balaban J connectivity index is 4.11. The SMILES string of the molecule is N[C@@H](/C=[N+](/[O-])N=O)C(=O)O. The first-order chi connectivity index (χ1) is 4.57. The van der Waals surface area contributed by atoms with Crippen LogP contribution in [0, 0.1) is 10.1 Å². The molecule has 0 aliphatic rings. The van der Waals surface area contributed by atoms with Gasteiger partial charge >= 0.3 is 5.97 Å². The lowest BCUT2D eigenvalue weighted by Gasteiger charge is -1.93. The molecule has 10 heavy (non-hydrogen) atoms. The van der Waals surface area contributed by atoms with E-state index >= 15 is 0 Å². The van der Waals surface area contributed by atoms with Crippen LogP contribution in [-0.2, 0) is 4.79 Å². The van der Waals surface area contributed by atoms with Gasteiger partial charge in [0.15, 0.2) is 6.04 Å². The topological polar surface area (TPSA) is 119 Å². The number of hydrogen-bond acceptors (Lipinski definition) is 5. The van der Waals surface area contributed by atoms with E-state index in [0.717, 1.165) is 0 Å². The molecule has 0 aromatic carbocycles. The van der Waals surface area contributed by atoms with Gasteiger partial charge in [-0.2, -0.15) is 0 Å². The van der Waals surface area contributed by atoms with Crippen molar-refractivity contribution in [2.24, 2.45) is 11.0 Å². The molecule has 7 heteroatoms. The van der Waals surface area contributed by atoms with Crippen LogP contribution in [0.4, 0.5) is 0 Å². The molecule has 0 radical (unpaired) electrons. The number of nitrogens with two attached hydrogens (primary N) is 1. The zero-order chi connectivity index (χ0) is 8.15. The van der Waals surface area contributed by atoms with Crippen molar-refractivity contribution in [2.45, 2.75) is 6.04 Å². The highest BCUT2D eigenvalue weighted by molar-refractivity contribution is 5.90. The summed E-state index contributed by atoms with van der Waals surface area (Å²) in [6, 6.07) is -1.49. The fourth-order valence-corrected chi connectivity index (χ4v) is 0.228. The highest BCUT2D eigenvalue weighted by Gasteiger charge is 2.12. The average molecular weight is 147 g/mol. The first-order valence-corrected chi connectivity index (χ1v) is 2.21. The van der Waals surface area contributed by atoms with Crippen molar-refractivity contribution in [2.75, 3.05) is 0 Å². The monoisotopic (exact) mass is 147 g/mol. The molecular formula is C3H5N3O4. The predicted molar refractivity (Wildman–Crippen MR) is 31.1 cm³/mol. The third-order valence-electron chi connectivity index (χ3n) is 0.654. The van der Waals surface area contributed by atoms with Gasteiger partial charge in [-0.25, -0.2) is 4.79 Å². The molecule has 0 unspecified atom stereocenters. The maximum Gasteiger partial charge on any atom is 0.330 e. The van der Waals surface area contributed by atoms with Gasteiger partial charge in [-0.05, 0) is 4.85 Å². The number of rotatable bonds is 3. The Bertz CT molecular complexity index is 177. The van der Waals surface area contributed by atoms with E-state index in [1.165, 1.54) is 0 Å². The Morgan fingerprint density at radius 1 is 1.90 bits per heavy atom. The Labute approximate surface area is 55.3 Å². The van der Waals surface area contributed by atoms with Crippen molar-refractivity contribution in [3.05, 3.63) is 10.1 Å². The molecule has 3 N–H and O–H groups in total. The molecule has 0 aromatic heterocycles. The van der Waals surface area contributed by atoms with E-state index in [0.29, 0.717) is 6.21 Å². The minimum atomic E-state index is -1.49. The van der Waals surface area contributed by atoms with Gasteiger partial charge in [0.2, 0.25) is 6.21 Å². The third kappa shape index (κ3) is 2.72. The largest absolute Gasteiger partial charge is 0.592 e. The van der Waals surface area contributed by atoms with Gasteiger partial charge in [0.05, 0.1) is 0 Å². The van der Waals surface area contributed by atoms with Gasteiger partial charge in [-0.3, -0.25) is 0 Å². The van der Waals surface area contributed by atoms with Gasteiger partial charge in [0, 0.05) is 0 Å². The fourth-order valence-electron chi connectivity index (χ4n) is 0.228. The van der Waals surface area contributed by atoms with Crippen LogP contribution in [0.25, 0.3) is 0 Å². The van der Waals surface area contributed by atoms with E-state index in [9.17, 15) is 14.9 Å². The number of hydrogen-bond donors (Lipinski definition) is 2. The second-order valence-electron chi connectivity index (χ2n) is 1.40. The van der Waals surface area contributed by atoms with Crippen LogP contribution in [0.1, 0.15) is 0 Å². The first-order valence-electron chi connectivity index (χ1n) is 2.21. The molecule has 0 heterocycles. The summed E-state index contributed by atoms with van der Waals surface area (Å²) < 4.78 is 0. The van der Waals surface area contributed by atoms with E-state index in [2.05, 4.69) is 0 Å². The average Bonchev–Trinajstić information content (AvgIpc) is 1.87. The number of carbonyl (C=O) groups is 1. The van der Waals surface area contributed by atoms with Crippen molar-refractivity contribution < 1.29 is 14.7 Å². The molecule has 7 nitrogen and oxygen atoms in total. The minimum absolute atomic E-state index is 0.440. The van der Waals surface area contributed by atoms with Crippen LogP contribution in [0.3, 0.4) is 0 Å². The number of carboxylic acids is 1. The minimum Gasteiger partial charge on any atom is -0.592 e. The van der Waals surface area contributed by atoms with Crippen molar-refractivity contribution >= 4 is 12.2 Å². The zero-order valence-electron chi connectivity index (χ0n) is 4.80. The highest BCUT2D eigenvalue weighted by atomic mass is 16.6. The van der Waals surface area contributed by atoms with Gasteiger partial charge in [0.25, 0.3) is 5.29 Å². The summed E-state index contributed by atoms with van der Waals surface area (Å²) in [6.45, 7) is 0. The van der Waals surface area contributed by atoms with E-state index in [-0.39, 0.29) is 0 Å². The molecule has 0 saturated heterocycles. The lowest BCUT2D eigenvalue weighted by atomic mass is 10.4. The Morgan fingerprint density at radius 2 is 2.40 bits per heavy atom. The van der Waals surface area contributed by atoms with Gasteiger partial charge < -0.3 is 16.0 Å². The summed E-state index contributed by atoms with van der Waals surface area (Å²) in [5.41, 5.74) is 4.80. The fraction of sp³-hybridized carbons (Fsp3) is 0.333. The molecule has 0 fully saturated rings. The molecule has 0 saturated carbocycles. The van der Waals surface area contributed by atoms with Crippen molar-refractivity contribution in [3.8, 4) is 0 Å². The van der Waals surface area contributed by atoms with E-state index in [1.54, 1.807) is 0 Å². The summed E-state index contributed by atoms with van der Waals surface area (Å²) >= 11 is 0. The molecule has 0 aromatic rings. The summed E-state index contributed by atoms with van der Waals surface area (Å²) in [5.74, 6) is -1.40. The van der Waals surface area contributed by atoms with Crippen molar-refractivity contribution in [3.63, 3.8) is 0 Å². The predicted octanol–water partition coefficient (Wildman–Crippen LogP) is -1.34. The lowest BCUT2D eigenvalue weighted by molar-refractivity contribution is -0.461. The lowest BCUT2D eigenvalue weighted by Crippen LogP contribution is -2.33. The van der Waals surface area contributed by atoms with E-state index in [1.807, 2.05) is 5.29 Å². The highest BCUT2D eigenvalue weighted by Crippen LogP contribution is 1.74. The summed E-state index contributed by atoms with van der Waals surface area (Å²) in [7, 11) is 0. The number of carboxylic acid groups (broad SMARTS) is 1. The molecular weight excluding hydrogens is 142 g/mol. The Kier molecular flexibility index (Phi) is 2.98. The number of nitrogens with zero attached hydrogens (tertiary/aromatic N) is 2. The van der Waals surface area contributed by atoms with Crippen LogP contribution in [0.5, 0.6) is 0 Å². The van der Waals surface area contributed by atoms with Crippen LogP contribution in [0.15, 0.2) is 5.29 Å². The Morgan fingerprint density at radius 3 is 2.70 bits per heavy atom. The van der Waals surface area contributed by atoms with E-state index < -0.39 is 16.9 Å². The van der Waals surface area contributed by atoms with Crippen LogP contribution < -0.4 is 5.73 Å². The first kappa shape index (κ1) is 8.50. The van der Waals surface area contributed by atoms with Crippen molar-refractivity contribution in [1.29, 1.82) is 0 Å². The number of aliphatic carboxylic acids is 1. The second kappa shape index (κ2) is 3.51. The summed E-state index contributed by atoms with van der Waals surface area (Å²) in [4.78, 5) is 18.8. The van der Waals surface area contributed by atoms with Gasteiger partial charge in [-0.15, -0.1) is 0 Å². The molecule has 0 bridgehead atoms. The summed E-state index contributed by atoms with van der Waals surface area (Å²) in [5, 5.41) is 19.9.